The first-order valence-electron chi connectivity index (χ1n) is 9.69. The first-order valence-corrected chi connectivity index (χ1v) is 10.1. The molecule has 0 radical (unpaired) electrons. The largest absolute Gasteiger partial charge is 0.290 e. The molecule has 2 N–H and O–H groups in total. The number of imidazole rings is 1. The van der Waals surface area contributed by atoms with Crippen LogP contribution in [-0.2, 0) is 0 Å². The molecule has 158 valence electrons. The van der Waals surface area contributed by atoms with Gasteiger partial charge in [-0.3, -0.25) is 29.8 Å². The summed E-state index contributed by atoms with van der Waals surface area (Å²) < 4.78 is 1.83. The number of carbonyl (C=O) groups excluding carboxylic acids is 2. The summed E-state index contributed by atoms with van der Waals surface area (Å²) in [5, 5.41) is 0.313. The standard InChI is InChI=1S/C24H18ClN5O2/c1-15-6-7-18(23(31)28-29-24(32)22-16(2)4-3-5-20(22)25)12-17(15)8-9-19-13-27-21-14-26-10-11-30(19)21/h3-7,10-14H,1-2H3,(H,28,31)(H,29,32). The monoisotopic (exact) mass is 443 g/mol. The van der Waals surface area contributed by atoms with Crippen LogP contribution in [-0.4, -0.2) is 26.2 Å². The summed E-state index contributed by atoms with van der Waals surface area (Å²) in [7, 11) is 0. The molecule has 0 aliphatic heterocycles. The van der Waals surface area contributed by atoms with E-state index in [0.717, 1.165) is 5.56 Å². The Morgan fingerprint density at radius 1 is 1.00 bits per heavy atom. The second-order valence-electron chi connectivity index (χ2n) is 7.07. The van der Waals surface area contributed by atoms with Crippen LogP contribution in [0.5, 0.6) is 0 Å². The smallest absolute Gasteiger partial charge is 0.271 e. The highest BCUT2D eigenvalue weighted by molar-refractivity contribution is 6.34. The minimum atomic E-state index is -0.490. The lowest BCUT2D eigenvalue weighted by molar-refractivity contribution is 0.0846. The summed E-state index contributed by atoms with van der Waals surface area (Å²) in [5.74, 6) is 5.22. The number of benzene rings is 2. The molecule has 7 nitrogen and oxygen atoms in total. The molecule has 0 aliphatic rings. The van der Waals surface area contributed by atoms with Crippen molar-refractivity contribution in [2.24, 2.45) is 0 Å². The normalized spacial score (nSPS) is 10.3. The fourth-order valence-corrected chi connectivity index (χ4v) is 3.44. The van der Waals surface area contributed by atoms with E-state index in [-0.39, 0.29) is 0 Å². The average Bonchev–Trinajstić information content (AvgIpc) is 3.20. The lowest BCUT2D eigenvalue weighted by Crippen LogP contribution is -2.42. The number of hydrogen-bond acceptors (Lipinski definition) is 4. The van der Waals surface area contributed by atoms with Crippen molar-refractivity contribution >= 4 is 29.1 Å². The Bertz CT molecular complexity index is 1390. The molecule has 0 saturated heterocycles. The SMILES string of the molecule is Cc1ccc(C(=O)NNC(=O)c2c(C)cccc2Cl)cc1C#Cc1cnc2cnccn12. The lowest BCUT2D eigenvalue weighted by atomic mass is 10.0. The van der Waals surface area contributed by atoms with Crippen molar-refractivity contribution in [2.75, 3.05) is 0 Å². The van der Waals surface area contributed by atoms with E-state index in [1.54, 1.807) is 68.1 Å². The van der Waals surface area contributed by atoms with E-state index in [2.05, 4.69) is 32.7 Å². The van der Waals surface area contributed by atoms with Crippen LogP contribution in [0.25, 0.3) is 5.65 Å². The molecule has 0 bridgehead atoms. The molecule has 0 aliphatic carbocycles. The molecule has 2 amide bonds. The summed E-state index contributed by atoms with van der Waals surface area (Å²) in [5.41, 5.74) is 9.23. The number of carbonyl (C=O) groups is 2. The average molecular weight is 444 g/mol. The van der Waals surface area contributed by atoms with E-state index in [4.69, 9.17) is 11.6 Å². The number of hydrazine groups is 1. The van der Waals surface area contributed by atoms with Gasteiger partial charge in [0.25, 0.3) is 11.8 Å². The predicted octanol–water partition coefficient (Wildman–Crippen LogP) is 3.47. The third kappa shape index (κ3) is 4.31. The van der Waals surface area contributed by atoms with Crippen LogP contribution >= 0.6 is 11.6 Å². The maximum absolute atomic E-state index is 12.6. The Morgan fingerprint density at radius 2 is 1.81 bits per heavy atom. The Hall–Kier alpha value is -4.15. The molecular weight excluding hydrogens is 426 g/mol. The van der Waals surface area contributed by atoms with Crippen molar-refractivity contribution in [2.45, 2.75) is 13.8 Å². The molecule has 0 saturated carbocycles. The van der Waals surface area contributed by atoms with Crippen molar-refractivity contribution in [3.05, 3.63) is 99.7 Å². The van der Waals surface area contributed by atoms with E-state index in [0.29, 0.717) is 38.6 Å². The van der Waals surface area contributed by atoms with E-state index in [1.165, 1.54) is 0 Å². The van der Waals surface area contributed by atoms with Gasteiger partial charge in [0.1, 0.15) is 5.69 Å². The highest BCUT2D eigenvalue weighted by atomic mass is 35.5. The van der Waals surface area contributed by atoms with Gasteiger partial charge >= 0.3 is 0 Å². The predicted molar refractivity (Wildman–Crippen MR) is 121 cm³/mol. The molecule has 8 heteroatoms. The quantitative estimate of drug-likeness (QED) is 0.367. The number of hydrogen-bond donors (Lipinski definition) is 2. The van der Waals surface area contributed by atoms with Gasteiger partial charge in [0.05, 0.1) is 23.0 Å². The zero-order chi connectivity index (χ0) is 22.7. The van der Waals surface area contributed by atoms with Crippen LogP contribution in [0.2, 0.25) is 5.02 Å². The topological polar surface area (TPSA) is 88.4 Å². The molecule has 0 unspecified atom stereocenters. The highest BCUT2D eigenvalue weighted by Crippen LogP contribution is 2.19. The number of rotatable bonds is 2. The van der Waals surface area contributed by atoms with E-state index in [1.807, 2.05) is 11.3 Å². The summed E-state index contributed by atoms with van der Waals surface area (Å²) in [6, 6.07) is 10.3. The zero-order valence-electron chi connectivity index (χ0n) is 17.3. The fraction of sp³-hybridized carbons (Fsp3) is 0.0833. The molecule has 2 aromatic carbocycles. The zero-order valence-corrected chi connectivity index (χ0v) is 18.1. The maximum Gasteiger partial charge on any atom is 0.271 e. The number of aromatic nitrogens is 3. The molecular formula is C24H18ClN5O2. The Kier molecular flexibility index (Phi) is 5.88. The van der Waals surface area contributed by atoms with Crippen molar-refractivity contribution in [3.63, 3.8) is 0 Å². The number of nitrogens with zero attached hydrogens (tertiary/aromatic N) is 3. The summed E-state index contributed by atoms with van der Waals surface area (Å²) in [4.78, 5) is 33.3. The minimum Gasteiger partial charge on any atom is -0.290 e. The van der Waals surface area contributed by atoms with Gasteiger partial charge in [-0.15, -0.1) is 0 Å². The van der Waals surface area contributed by atoms with Crippen molar-refractivity contribution in [1.29, 1.82) is 0 Å². The third-order valence-electron chi connectivity index (χ3n) is 4.88. The third-order valence-corrected chi connectivity index (χ3v) is 5.20. The van der Waals surface area contributed by atoms with Crippen LogP contribution in [0.1, 0.15) is 43.1 Å². The molecule has 4 rings (SSSR count). The van der Waals surface area contributed by atoms with Crippen molar-refractivity contribution in [3.8, 4) is 11.8 Å². The lowest BCUT2D eigenvalue weighted by Gasteiger charge is -2.11. The number of nitrogens with one attached hydrogen (secondary N) is 2. The molecule has 0 atom stereocenters. The Labute approximate surface area is 189 Å². The maximum atomic E-state index is 12.6. The van der Waals surface area contributed by atoms with Crippen LogP contribution < -0.4 is 10.9 Å². The van der Waals surface area contributed by atoms with Gasteiger partial charge < -0.3 is 0 Å². The van der Waals surface area contributed by atoms with Crippen molar-refractivity contribution < 1.29 is 9.59 Å². The van der Waals surface area contributed by atoms with Gasteiger partial charge in [-0.2, -0.15) is 0 Å². The number of aryl methyl sites for hydroxylation is 2. The number of halogens is 1. The van der Waals surface area contributed by atoms with Crippen LogP contribution in [0.15, 0.2) is 61.2 Å². The van der Waals surface area contributed by atoms with Crippen LogP contribution in [0.3, 0.4) is 0 Å². The van der Waals surface area contributed by atoms with Gasteiger partial charge in [0.2, 0.25) is 0 Å². The fourth-order valence-electron chi connectivity index (χ4n) is 3.13. The van der Waals surface area contributed by atoms with E-state index < -0.39 is 11.8 Å². The molecule has 2 aromatic heterocycles. The summed E-state index contributed by atoms with van der Waals surface area (Å²) in [6.07, 6.45) is 6.77. The van der Waals surface area contributed by atoms with Crippen LogP contribution in [0.4, 0.5) is 0 Å². The molecule has 0 spiro atoms. The van der Waals surface area contributed by atoms with Gasteiger partial charge in [0.15, 0.2) is 5.65 Å². The number of amides is 2. The summed E-state index contributed by atoms with van der Waals surface area (Å²) in [6.45, 7) is 3.68. The van der Waals surface area contributed by atoms with E-state index in [9.17, 15) is 9.59 Å². The number of fused-ring (bicyclic) bond motifs is 1. The minimum absolute atomic E-state index is 0.313. The second-order valence-corrected chi connectivity index (χ2v) is 7.47. The molecule has 0 fully saturated rings. The van der Waals surface area contributed by atoms with Gasteiger partial charge in [-0.05, 0) is 49.1 Å². The highest BCUT2D eigenvalue weighted by Gasteiger charge is 2.15. The van der Waals surface area contributed by atoms with Gasteiger partial charge in [0, 0.05) is 23.5 Å². The van der Waals surface area contributed by atoms with Crippen LogP contribution in [0, 0.1) is 25.7 Å². The molecule has 4 aromatic rings. The van der Waals surface area contributed by atoms with Crippen molar-refractivity contribution in [1.82, 2.24) is 25.2 Å². The first-order chi connectivity index (χ1) is 15.4. The van der Waals surface area contributed by atoms with Gasteiger partial charge in [-0.25, -0.2) is 4.98 Å². The van der Waals surface area contributed by atoms with E-state index >= 15 is 0 Å². The summed E-state index contributed by atoms with van der Waals surface area (Å²) >= 11 is 6.11. The van der Waals surface area contributed by atoms with Gasteiger partial charge in [-0.1, -0.05) is 35.7 Å². The second kappa shape index (κ2) is 8.92. The Balaban J connectivity index is 1.51. The Morgan fingerprint density at radius 3 is 2.62 bits per heavy atom. The molecule has 2 heterocycles. The first kappa shape index (κ1) is 21.1. The molecule has 32 heavy (non-hydrogen) atoms.